The molecule has 0 saturated heterocycles. The number of benzene rings is 2. The highest BCUT2D eigenvalue weighted by Crippen LogP contribution is 2.19. The topological polar surface area (TPSA) is 94.1 Å². The van der Waals surface area contributed by atoms with Crippen molar-refractivity contribution < 1.29 is 28.9 Å². The van der Waals surface area contributed by atoms with Gasteiger partial charge in [0, 0.05) is 12.1 Å². The van der Waals surface area contributed by atoms with Gasteiger partial charge in [0.2, 0.25) is 0 Å². The average Bonchev–Trinajstić information content (AvgIpc) is 2.67. The molecule has 2 aromatic carbocycles. The highest BCUT2D eigenvalue weighted by molar-refractivity contribution is 5.94. The molecule has 0 saturated carbocycles. The van der Waals surface area contributed by atoms with Crippen molar-refractivity contribution in [3.8, 4) is 17.2 Å². The van der Waals surface area contributed by atoms with Gasteiger partial charge in [0.1, 0.15) is 17.2 Å². The zero-order valence-electron chi connectivity index (χ0n) is 15.3. The number of rotatable bonds is 10. The average molecular weight is 373 g/mol. The zero-order valence-corrected chi connectivity index (χ0v) is 15.3. The van der Waals surface area contributed by atoms with Gasteiger partial charge in [-0.15, -0.1) is 0 Å². The summed E-state index contributed by atoms with van der Waals surface area (Å²) in [6, 6.07) is 13.8. The Morgan fingerprint density at radius 2 is 1.59 bits per heavy atom. The maximum Gasteiger partial charge on any atom is 0.303 e. The number of carboxylic acid groups (broad SMARTS) is 1. The number of methoxy groups -OCH3 is 1. The lowest BCUT2D eigenvalue weighted by atomic mass is 10.2. The first-order valence-corrected chi connectivity index (χ1v) is 8.54. The van der Waals surface area contributed by atoms with Gasteiger partial charge in [0.25, 0.3) is 5.91 Å². The van der Waals surface area contributed by atoms with E-state index in [0.717, 1.165) is 0 Å². The minimum Gasteiger partial charge on any atom is -0.497 e. The number of ether oxygens (including phenoxy) is 3. The molecule has 0 aliphatic heterocycles. The fourth-order valence-electron chi connectivity index (χ4n) is 2.20. The molecule has 0 heterocycles. The molecule has 0 spiro atoms. The third-order valence-electron chi connectivity index (χ3n) is 3.67. The quantitative estimate of drug-likeness (QED) is 0.620. The Labute approximate surface area is 157 Å². The Morgan fingerprint density at radius 1 is 1.00 bits per heavy atom. The molecule has 7 heteroatoms. The van der Waals surface area contributed by atoms with Crippen LogP contribution in [0.2, 0.25) is 0 Å². The predicted octanol–water partition coefficient (Wildman–Crippen LogP) is 3.34. The fraction of sp³-hybridized carbons (Fsp3) is 0.300. The number of amides is 1. The molecule has 2 rings (SSSR count). The normalized spacial score (nSPS) is 11.3. The minimum atomic E-state index is -0.845. The zero-order chi connectivity index (χ0) is 19.6. The van der Waals surface area contributed by atoms with Crippen molar-refractivity contribution >= 4 is 17.6 Å². The Kier molecular flexibility index (Phi) is 7.49. The van der Waals surface area contributed by atoms with Crippen LogP contribution in [-0.4, -0.2) is 36.8 Å². The van der Waals surface area contributed by atoms with Gasteiger partial charge in [-0.2, -0.15) is 0 Å². The van der Waals surface area contributed by atoms with Crippen LogP contribution in [0.4, 0.5) is 5.69 Å². The second-order valence-electron chi connectivity index (χ2n) is 5.79. The lowest BCUT2D eigenvalue weighted by molar-refractivity contribution is -0.137. The first kappa shape index (κ1) is 20.1. The number of carboxylic acids is 1. The van der Waals surface area contributed by atoms with E-state index in [9.17, 15) is 9.59 Å². The number of hydrogen-bond acceptors (Lipinski definition) is 5. The summed E-state index contributed by atoms with van der Waals surface area (Å²) in [5.41, 5.74) is 0.614. The van der Waals surface area contributed by atoms with Gasteiger partial charge in [-0.1, -0.05) is 0 Å². The van der Waals surface area contributed by atoms with E-state index in [2.05, 4.69) is 5.32 Å². The molecular weight excluding hydrogens is 350 g/mol. The van der Waals surface area contributed by atoms with Crippen molar-refractivity contribution in [2.24, 2.45) is 0 Å². The van der Waals surface area contributed by atoms with E-state index in [1.165, 1.54) is 0 Å². The standard InChI is InChI=1S/C20H23NO6/c1-14(27-18-11-9-16(25-2)10-12-18)20(24)21-15-5-7-17(8-6-15)26-13-3-4-19(22)23/h5-12,14H,3-4,13H2,1-2H3,(H,21,24)(H,22,23). The lowest BCUT2D eigenvalue weighted by Gasteiger charge is -2.15. The molecule has 0 bridgehead atoms. The van der Waals surface area contributed by atoms with Crippen LogP contribution in [0.5, 0.6) is 17.2 Å². The monoisotopic (exact) mass is 373 g/mol. The van der Waals surface area contributed by atoms with Crippen LogP contribution in [0.1, 0.15) is 19.8 Å². The van der Waals surface area contributed by atoms with Crippen LogP contribution in [0.25, 0.3) is 0 Å². The molecule has 2 aromatic rings. The summed E-state index contributed by atoms with van der Waals surface area (Å²) in [7, 11) is 1.58. The Hall–Kier alpha value is -3.22. The van der Waals surface area contributed by atoms with Crippen molar-refractivity contribution in [1.29, 1.82) is 0 Å². The number of hydrogen-bond donors (Lipinski definition) is 2. The second kappa shape index (κ2) is 10.1. The molecule has 0 aliphatic carbocycles. The van der Waals surface area contributed by atoms with Gasteiger partial charge in [-0.25, -0.2) is 0 Å². The molecule has 0 aliphatic rings. The van der Waals surface area contributed by atoms with Crippen LogP contribution in [0.15, 0.2) is 48.5 Å². The van der Waals surface area contributed by atoms with Gasteiger partial charge in [0.15, 0.2) is 6.10 Å². The van der Waals surface area contributed by atoms with E-state index in [4.69, 9.17) is 19.3 Å². The summed E-state index contributed by atoms with van der Waals surface area (Å²) in [6.45, 7) is 1.99. The second-order valence-corrected chi connectivity index (χ2v) is 5.79. The van der Waals surface area contributed by atoms with Crippen molar-refractivity contribution in [2.45, 2.75) is 25.9 Å². The molecule has 1 atom stereocenters. The molecule has 27 heavy (non-hydrogen) atoms. The first-order chi connectivity index (χ1) is 13.0. The van der Waals surface area contributed by atoms with Crippen molar-refractivity contribution in [3.05, 3.63) is 48.5 Å². The van der Waals surface area contributed by atoms with Crippen LogP contribution < -0.4 is 19.5 Å². The number of carbonyl (C=O) groups is 2. The molecule has 2 N–H and O–H groups in total. The minimum absolute atomic E-state index is 0.0697. The Morgan fingerprint density at radius 3 is 2.19 bits per heavy atom. The number of carbonyl (C=O) groups excluding carboxylic acids is 1. The molecule has 0 aromatic heterocycles. The van der Waals surface area contributed by atoms with E-state index in [1.54, 1.807) is 62.6 Å². The van der Waals surface area contributed by atoms with E-state index < -0.39 is 12.1 Å². The van der Waals surface area contributed by atoms with Crippen molar-refractivity contribution in [3.63, 3.8) is 0 Å². The predicted molar refractivity (Wildman–Crippen MR) is 101 cm³/mol. The number of aliphatic carboxylic acids is 1. The lowest BCUT2D eigenvalue weighted by Crippen LogP contribution is -2.30. The van der Waals surface area contributed by atoms with E-state index in [-0.39, 0.29) is 12.3 Å². The third kappa shape index (κ3) is 6.89. The van der Waals surface area contributed by atoms with Crippen molar-refractivity contribution in [2.75, 3.05) is 19.0 Å². The summed E-state index contributed by atoms with van der Waals surface area (Å²) in [5, 5.41) is 11.4. The molecule has 1 amide bonds. The van der Waals surface area contributed by atoms with Gasteiger partial charge < -0.3 is 24.6 Å². The summed E-state index contributed by atoms with van der Waals surface area (Å²) in [6.07, 6.45) is -0.167. The molecule has 144 valence electrons. The van der Waals surface area contributed by atoms with Crippen LogP contribution >= 0.6 is 0 Å². The molecule has 0 radical (unpaired) electrons. The Balaban J connectivity index is 1.80. The van der Waals surface area contributed by atoms with E-state index >= 15 is 0 Å². The summed E-state index contributed by atoms with van der Waals surface area (Å²) >= 11 is 0. The van der Waals surface area contributed by atoms with E-state index in [0.29, 0.717) is 36.0 Å². The largest absolute Gasteiger partial charge is 0.497 e. The van der Waals surface area contributed by atoms with Crippen LogP contribution in [-0.2, 0) is 9.59 Å². The summed E-state index contributed by atoms with van der Waals surface area (Å²) < 4.78 is 16.1. The van der Waals surface area contributed by atoms with Gasteiger partial charge >= 0.3 is 5.97 Å². The maximum absolute atomic E-state index is 12.3. The smallest absolute Gasteiger partial charge is 0.303 e. The number of anilines is 1. The fourth-order valence-corrected chi connectivity index (χ4v) is 2.20. The summed E-state index contributed by atoms with van der Waals surface area (Å²) in [4.78, 5) is 22.7. The maximum atomic E-state index is 12.3. The highest BCUT2D eigenvalue weighted by atomic mass is 16.5. The highest BCUT2D eigenvalue weighted by Gasteiger charge is 2.15. The molecule has 1 unspecified atom stereocenters. The number of nitrogens with one attached hydrogen (secondary N) is 1. The van der Waals surface area contributed by atoms with Crippen molar-refractivity contribution in [1.82, 2.24) is 0 Å². The molecule has 0 fully saturated rings. The Bertz CT molecular complexity index is 742. The van der Waals surface area contributed by atoms with Crippen LogP contribution in [0.3, 0.4) is 0 Å². The van der Waals surface area contributed by atoms with Gasteiger partial charge in [-0.05, 0) is 61.9 Å². The summed E-state index contributed by atoms with van der Waals surface area (Å²) in [5.74, 6) is 0.776. The van der Waals surface area contributed by atoms with Gasteiger partial charge in [-0.3, -0.25) is 9.59 Å². The first-order valence-electron chi connectivity index (χ1n) is 8.54. The SMILES string of the molecule is COc1ccc(OC(C)C(=O)Nc2ccc(OCCCC(=O)O)cc2)cc1. The van der Waals surface area contributed by atoms with Gasteiger partial charge in [0.05, 0.1) is 13.7 Å². The van der Waals surface area contributed by atoms with Crippen LogP contribution in [0, 0.1) is 0 Å². The van der Waals surface area contributed by atoms with E-state index in [1.807, 2.05) is 0 Å². The molecule has 7 nitrogen and oxygen atoms in total. The molecular formula is C20H23NO6. The third-order valence-corrected chi connectivity index (χ3v) is 3.67.